The number of nitrogens with one attached hydrogen (secondary N) is 1. The molecule has 0 aliphatic carbocycles. The highest BCUT2D eigenvalue weighted by molar-refractivity contribution is 6.16. The smallest absolute Gasteiger partial charge is 0.263 e. The summed E-state index contributed by atoms with van der Waals surface area (Å²) >= 11 is 0. The molecule has 2 aromatic heterocycles. The molecule has 1 aliphatic rings. The number of carbonyl (C=O) groups is 2. The molecule has 41 heavy (non-hydrogen) atoms. The van der Waals surface area contributed by atoms with Crippen molar-refractivity contribution in [3.63, 3.8) is 0 Å². The first-order chi connectivity index (χ1) is 19.9. The summed E-state index contributed by atoms with van der Waals surface area (Å²) in [5.74, 6) is 0.224. The second-order valence-corrected chi connectivity index (χ2v) is 10.1. The average Bonchev–Trinajstić information content (AvgIpc) is 3.65. The van der Waals surface area contributed by atoms with Crippen LogP contribution >= 0.6 is 0 Å². The molecule has 1 amide bonds. The van der Waals surface area contributed by atoms with Gasteiger partial charge in [-0.25, -0.2) is 14.5 Å². The van der Waals surface area contributed by atoms with E-state index in [1.165, 1.54) is 13.3 Å². The number of benzene rings is 3. The monoisotopic (exact) mass is 544 g/mol. The lowest BCUT2D eigenvalue weighted by molar-refractivity contribution is -0.119. The van der Waals surface area contributed by atoms with Gasteiger partial charge in [-0.2, -0.15) is 15.2 Å². The number of ketones is 1. The van der Waals surface area contributed by atoms with Gasteiger partial charge in [0, 0.05) is 23.1 Å². The first kappa shape index (κ1) is 26.1. The van der Waals surface area contributed by atoms with Gasteiger partial charge in [0.05, 0.1) is 23.5 Å². The molecule has 204 valence electrons. The van der Waals surface area contributed by atoms with Gasteiger partial charge >= 0.3 is 0 Å². The summed E-state index contributed by atoms with van der Waals surface area (Å²) < 4.78 is 3.29. The molecule has 9 nitrogen and oxygen atoms in total. The number of fused-ring (bicyclic) bond motifs is 1. The lowest BCUT2D eigenvalue weighted by atomic mass is 9.91. The molecule has 6 rings (SSSR count). The Labute approximate surface area is 236 Å². The van der Waals surface area contributed by atoms with E-state index in [0.29, 0.717) is 41.1 Å². The molecule has 0 unspecified atom stereocenters. The number of hydrogen-bond acceptors (Lipinski definition) is 6. The van der Waals surface area contributed by atoms with Crippen molar-refractivity contribution in [3.8, 4) is 16.8 Å². The van der Waals surface area contributed by atoms with Gasteiger partial charge in [0.2, 0.25) is 11.7 Å². The summed E-state index contributed by atoms with van der Waals surface area (Å²) in [5.41, 5.74) is 9.38. The van der Waals surface area contributed by atoms with Crippen LogP contribution in [0.25, 0.3) is 22.6 Å². The number of aromatic nitrogens is 4. The van der Waals surface area contributed by atoms with Crippen molar-refractivity contribution in [1.29, 1.82) is 0 Å². The van der Waals surface area contributed by atoms with Crippen molar-refractivity contribution in [1.82, 2.24) is 24.6 Å². The molecule has 1 N–H and O–H groups in total. The zero-order chi connectivity index (χ0) is 28.5. The summed E-state index contributed by atoms with van der Waals surface area (Å²) in [6, 6.07) is 23.0. The molecule has 9 heteroatoms. The molecule has 5 aromatic rings. The maximum Gasteiger partial charge on any atom is 0.263 e. The molecule has 0 atom stereocenters. The Morgan fingerprint density at radius 3 is 2.44 bits per heavy atom. The van der Waals surface area contributed by atoms with Gasteiger partial charge < -0.3 is 0 Å². The van der Waals surface area contributed by atoms with Crippen LogP contribution in [-0.2, 0) is 17.6 Å². The number of aryl methyl sites for hydroxylation is 1. The minimum atomic E-state index is -0.187. The molecule has 0 bridgehead atoms. The maximum atomic E-state index is 14.2. The molecular formula is C32H28N6O3. The van der Waals surface area contributed by atoms with E-state index in [9.17, 15) is 14.4 Å². The highest BCUT2D eigenvalue weighted by atomic mass is 16.2. The second kappa shape index (κ2) is 10.8. The van der Waals surface area contributed by atoms with Gasteiger partial charge in [-0.1, -0.05) is 55.8 Å². The van der Waals surface area contributed by atoms with E-state index in [1.807, 2.05) is 48.5 Å². The number of carbonyl (C=O) groups excluding carboxylic acids is 2. The largest absolute Gasteiger partial charge is 0.295 e. The third-order valence-electron chi connectivity index (χ3n) is 7.32. The van der Waals surface area contributed by atoms with Crippen molar-refractivity contribution in [2.45, 2.75) is 39.5 Å². The molecule has 3 heterocycles. The number of hydrogen-bond donors (Lipinski definition) is 1. The van der Waals surface area contributed by atoms with Crippen molar-refractivity contribution in [3.05, 3.63) is 117 Å². The van der Waals surface area contributed by atoms with Gasteiger partial charge in [-0.15, -0.1) is 0 Å². The zero-order valence-electron chi connectivity index (χ0n) is 22.8. The van der Waals surface area contributed by atoms with Gasteiger partial charge in [0.1, 0.15) is 6.33 Å². The topological polar surface area (TPSA) is 111 Å². The van der Waals surface area contributed by atoms with E-state index >= 15 is 0 Å². The van der Waals surface area contributed by atoms with E-state index in [-0.39, 0.29) is 23.7 Å². The Morgan fingerprint density at radius 2 is 1.76 bits per heavy atom. The third kappa shape index (κ3) is 4.86. The summed E-state index contributed by atoms with van der Waals surface area (Å²) in [6.07, 6.45) is 3.47. The lowest BCUT2D eigenvalue weighted by Crippen LogP contribution is -2.28. The summed E-state index contributed by atoms with van der Waals surface area (Å²) in [6.45, 7) is 3.57. The maximum absolute atomic E-state index is 14.2. The molecule has 3 aromatic carbocycles. The molecule has 0 fully saturated rings. The van der Waals surface area contributed by atoms with Crippen LogP contribution in [0.2, 0.25) is 0 Å². The SMILES string of the molecule is CCCc1c(Cc2ccc(-c3ccccc3)c(C3=NNC(=O)C3)c2)c(=O)n(-c2ccc(C(C)=O)cc2)c2ncnn12. The van der Waals surface area contributed by atoms with Crippen LogP contribution < -0.4 is 11.0 Å². The van der Waals surface area contributed by atoms with Gasteiger partial charge in [-0.05, 0) is 60.4 Å². The first-order valence-electron chi connectivity index (χ1n) is 13.6. The van der Waals surface area contributed by atoms with Crippen LogP contribution in [0, 0.1) is 0 Å². The fourth-order valence-corrected chi connectivity index (χ4v) is 5.33. The fraction of sp³-hybridized carbons (Fsp3) is 0.188. The Balaban J connectivity index is 1.51. The van der Waals surface area contributed by atoms with E-state index in [4.69, 9.17) is 0 Å². The summed E-state index contributed by atoms with van der Waals surface area (Å²) in [5, 5.41) is 8.78. The Bertz CT molecular complexity index is 1890. The quantitative estimate of drug-likeness (QED) is 0.289. The standard InChI is InChI=1S/C32H28N6O3/c1-3-7-29-27(31(41)37(32-33-19-34-38(29)32)24-13-11-22(12-14-24)20(2)39)17-21-10-15-25(23-8-5-4-6-9-23)26(16-21)28-18-30(40)36-35-28/h4-6,8-16,19H,3,7,17-18H2,1-2H3,(H,36,40). The second-order valence-electron chi connectivity index (χ2n) is 10.1. The number of hydrazone groups is 1. The first-order valence-corrected chi connectivity index (χ1v) is 13.6. The Kier molecular flexibility index (Phi) is 6.84. The molecular weight excluding hydrogens is 516 g/mol. The normalized spacial score (nSPS) is 12.9. The van der Waals surface area contributed by atoms with Crippen molar-refractivity contribution < 1.29 is 9.59 Å². The van der Waals surface area contributed by atoms with E-state index in [0.717, 1.165) is 34.4 Å². The molecule has 0 radical (unpaired) electrons. The number of nitrogens with zero attached hydrogens (tertiary/aromatic N) is 5. The van der Waals surface area contributed by atoms with Crippen LogP contribution in [0.3, 0.4) is 0 Å². The minimum Gasteiger partial charge on any atom is -0.295 e. The Hall–Kier alpha value is -5.18. The van der Waals surface area contributed by atoms with Crippen molar-refractivity contribution in [2.75, 3.05) is 0 Å². The van der Waals surface area contributed by atoms with Crippen molar-refractivity contribution in [2.24, 2.45) is 5.10 Å². The lowest BCUT2D eigenvalue weighted by Gasteiger charge is -2.17. The summed E-state index contributed by atoms with van der Waals surface area (Å²) in [4.78, 5) is 42.5. The highest BCUT2D eigenvalue weighted by Gasteiger charge is 2.23. The molecule has 1 aliphatic heterocycles. The predicted molar refractivity (Wildman–Crippen MR) is 157 cm³/mol. The van der Waals surface area contributed by atoms with Crippen LogP contribution in [-0.4, -0.2) is 36.6 Å². The van der Waals surface area contributed by atoms with Gasteiger partial charge in [0.25, 0.3) is 5.56 Å². The van der Waals surface area contributed by atoms with Crippen LogP contribution in [0.5, 0.6) is 0 Å². The van der Waals surface area contributed by atoms with Crippen LogP contribution in [0.1, 0.15) is 59.4 Å². The average molecular weight is 545 g/mol. The van der Waals surface area contributed by atoms with Crippen LogP contribution in [0.15, 0.2) is 89.0 Å². The molecule has 0 saturated heterocycles. The highest BCUT2D eigenvalue weighted by Crippen LogP contribution is 2.28. The predicted octanol–water partition coefficient (Wildman–Crippen LogP) is 4.52. The van der Waals surface area contributed by atoms with Crippen LogP contribution in [0.4, 0.5) is 0 Å². The van der Waals surface area contributed by atoms with E-state index < -0.39 is 0 Å². The van der Waals surface area contributed by atoms with Gasteiger partial charge in [-0.3, -0.25) is 14.4 Å². The molecule has 0 saturated carbocycles. The number of amides is 1. The van der Waals surface area contributed by atoms with E-state index in [2.05, 4.69) is 27.5 Å². The fourth-order valence-electron chi connectivity index (χ4n) is 5.33. The number of rotatable bonds is 8. The Morgan fingerprint density at radius 1 is 0.976 bits per heavy atom. The minimum absolute atomic E-state index is 0.0472. The van der Waals surface area contributed by atoms with E-state index in [1.54, 1.807) is 33.3 Å². The number of Topliss-reactive ketones (excluding diaryl/α,β-unsaturated/α-hetero) is 1. The van der Waals surface area contributed by atoms with Gasteiger partial charge in [0.15, 0.2) is 5.78 Å². The molecule has 0 spiro atoms. The summed E-state index contributed by atoms with van der Waals surface area (Å²) in [7, 11) is 0. The third-order valence-corrected chi connectivity index (χ3v) is 7.32. The zero-order valence-corrected chi connectivity index (χ0v) is 22.8. The van der Waals surface area contributed by atoms with Crippen molar-refractivity contribution >= 4 is 23.2 Å².